The van der Waals surface area contributed by atoms with E-state index >= 15 is 0 Å². The molecular weight excluding hydrogens is 282 g/mol. The summed E-state index contributed by atoms with van der Waals surface area (Å²) in [6.45, 7) is 5.96. The van der Waals surface area contributed by atoms with Crippen molar-refractivity contribution >= 4 is 23.7 Å². The summed E-state index contributed by atoms with van der Waals surface area (Å²) >= 11 is 0. The summed E-state index contributed by atoms with van der Waals surface area (Å²) in [7, 11) is 1.96. The van der Waals surface area contributed by atoms with E-state index in [4.69, 9.17) is 4.74 Å². The highest BCUT2D eigenvalue weighted by atomic mass is 16.5. The van der Waals surface area contributed by atoms with Crippen LogP contribution in [0.5, 0.6) is 0 Å². The molecule has 1 saturated heterocycles. The lowest BCUT2D eigenvalue weighted by Gasteiger charge is -2.29. The molecule has 0 aliphatic carbocycles. The van der Waals surface area contributed by atoms with Gasteiger partial charge in [-0.05, 0) is 25.0 Å². The molecule has 120 valence electrons. The molecule has 0 saturated carbocycles. The van der Waals surface area contributed by atoms with Crippen LogP contribution >= 0.6 is 0 Å². The number of hydrogen-bond donors (Lipinski definition) is 0. The summed E-state index contributed by atoms with van der Waals surface area (Å²) < 4.78 is 5.15. The average Bonchev–Trinajstić information content (AvgIpc) is 2.48. The van der Waals surface area contributed by atoms with Crippen molar-refractivity contribution in [3.8, 4) is 0 Å². The zero-order valence-corrected chi connectivity index (χ0v) is 13.4. The number of carbonyl (C=O) groups is 2. The van der Waals surface area contributed by atoms with E-state index in [1.165, 1.54) is 0 Å². The number of hydrogen-bond acceptors (Lipinski definition) is 5. The van der Waals surface area contributed by atoms with Gasteiger partial charge in [-0.15, -0.1) is 0 Å². The van der Waals surface area contributed by atoms with E-state index in [9.17, 15) is 9.59 Å². The van der Waals surface area contributed by atoms with Crippen molar-refractivity contribution in [2.45, 2.75) is 20.3 Å². The van der Waals surface area contributed by atoms with Gasteiger partial charge in [0.1, 0.15) is 18.7 Å². The van der Waals surface area contributed by atoms with Gasteiger partial charge in [0.2, 0.25) is 0 Å². The van der Waals surface area contributed by atoms with E-state index in [1.54, 1.807) is 4.90 Å². The molecule has 1 atom stereocenters. The number of anilines is 2. The van der Waals surface area contributed by atoms with Crippen LogP contribution in [0.4, 0.5) is 11.5 Å². The maximum atomic E-state index is 11.9. The number of ether oxygens (including phenoxy) is 1. The van der Waals surface area contributed by atoms with Gasteiger partial charge in [-0.2, -0.15) is 0 Å². The van der Waals surface area contributed by atoms with Crippen LogP contribution in [0.3, 0.4) is 0 Å². The van der Waals surface area contributed by atoms with Gasteiger partial charge in [0.15, 0.2) is 0 Å². The molecule has 22 heavy (non-hydrogen) atoms. The first kappa shape index (κ1) is 16.4. The molecule has 1 amide bonds. The van der Waals surface area contributed by atoms with Crippen LogP contribution in [0, 0.1) is 12.8 Å². The zero-order chi connectivity index (χ0) is 16.1. The summed E-state index contributed by atoms with van der Waals surface area (Å²) in [4.78, 5) is 30.8. The second-order valence-corrected chi connectivity index (χ2v) is 5.76. The molecule has 2 heterocycles. The third-order valence-electron chi connectivity index (χ3n) is 3.80. The van der Waals surface area contributed by atoms with Crippen molar-refractivity contribution in [3.63, 3.8) is 0 Å². The summed E-state index contributed by atoms with van der Waals surface area (Å²) in [5.41, 5.74) is 1.66. The highest BCUT2D eigenvalue weighted by Crippen LogP contribution is 2.23. The molecule has 0 radical (unpaired) electrons. The first-order valence-corrected chi connectivity index (χ1v) is 7.53. The summed E-state index contributed by atoms with van der Waals surface area (Å²) in [6, 6.07) is 3.85. The number of aromatic nitrogens is 1. The number of pyridine rings is 1. The van der Waals surface area contributed by atoms with Gasteiger partial charge in [0.25, 0.3) is 5.91 Å². The minimum absolute atomic E-state index is 0.0307. The van der Waals surface area contributed by atoms with E-state index in [0.717, 1.165) is 30.0 Å². The van der Waals surface area contributed by atoms with Crippen molar-refractivity contribution in [2.75, 3.05) is 43.2 Å². The lowest BCUT2D eigenvalue weighted by atomic mass is 10.1. The molecule has 6 nitrogen and oxygen atoms in total. The standard InChI is InChI=1S/C16H23N3O3/c1-12(6-8-20)10-18(3)15-5-4-14(13(2)17-15)19-7-9-22-11-16(19)21/h4-5,8,12H,6-7,9-11H2,1-3H3/t12-/m1/s1. The van der Waals surface area contributed by atoms with Crippen LogP contribution in [0.1, 0.15) is 19.0 Å². The maximum Gasteiger partial charge on any atom is 0.253 e. The molecule has 0 spiro atoms. The Labute approximate surface area is 131 Å². The van der Waals surface area contributed by atoms with Gasteiger partial charge in [-0.25, -0.2) is 4.98 Å². The van der Waals surface area contributed by atoms with E-state index in [2.05, 4.69) is 4.98 Å². The fourth-order valence-corrected chi connectivity index (χ4v) is 2.61. The van der Waals surface area contributed by atoms with Crippen LogP contribution in [-0.2, 0) is 14.3 Å². The fourth-order valence-electron chi connectivity index (χ4n) is 2.61. The second-order valence-electron chi connectivity index (χ2n) is 5.76. The van der Waals surface area contributed by atoms with Crippen LogP contribution in [-0.4, -0.2) is 50.5 Å². The second kappa shape index (κ2) is 7.35. The highest BCUT2D eigenvalue weighted by molar-refractivity contribution is 5.95. The predicted octanol–water partition coefficient (Wildman–Crippen LogP) is 1.41. The van der Waals surface area contributed by atoms with Gasteiger partial charge in [-0.1, -0.05) is 6.92 Å². The molecule has 0 bridgehead atoms. The van der Waals surface area contributed by atoms with Crippen LogP contribution < -0.4 is 9.80 Å². The Morgan fingerprint density at radius 1 is 1.50 bits per heavy atom. The molecule has 1 aliphatic rings. The van der Waals surface area contributed by atoms with E-state index in [1.807, 2.05) is 37.9 Å². The minimum Gasteiger partial charge on any atom is -0.370 e. The number of carbonyl (C=O) groups excluding carboxylic acids is 2. The van der Waals surface area contributed by atoms with Gasteiger partial charge in [-0.3, -0.25) is 4.79 Å². The van der Waals surface area contributed by atoms with E-state index in [0.29, 0.717) is 19.6 Å². The Bertz CT molecular complexity index is 547. The molecule has 0 unspecified atom stereocenters. The van der Waals surface area contributed by atoms with Crippen LogP contribution in [0.25, 0.3) is 0 Å². The largest absolute Gasteiger partial charge is 0.370 e. The third kappa shape index (κ3) is 3.82. The first-order chi connectivity index (χ1) is 10.5. The third-order valence-corrected chi connectivity index (χ3v) is 3.80. The van der Waals surface area contributed by atoms with Gasteiger partial charge in [0, 0.05) is 26.6 Å². The fraction of sp³-hybridized carbons (Fsp3) is 0.562. The molecule has 1 aromatic rings. The Morgan fingerprint density at radius 2 is 2.27 bits per heavy atom. The summed E-state index contributed by atoms with van der Waals surface area (Å²) in [5.74, 6) is 1.10. The molecule has 1 aliphatic heterocycles. The normalized spacial score (nSPS) is 16.5. The molecule has 6 heteroatoms. The Morgan fingerprint density at radius 3 is 2.91 bits per heavy atom. The Balaban J connectivity index is 2.11. The van der Waals surface area contributed by atoms with Gasteiger partial charge in [0.05, 0.1) is 18.0 Å². The topological polar surface area (TPSA) is 62.7 Å². The zero-order valence-electron chi connectivity index (χ0n) is 13.4. The molecule has 2 rings (SSSR count). The predicted molar refractivity (Wildman–Crippen MR) is 85.3 cm³/mol. The average molecular weight is 305 g/mol. The molecule has 0 aromatic carbocycles. The van der Waals surface area contributed by atoms with Crippen molar-refractivity contribution in [2.24, 2.45) is 5.92 Å². The van der Waals surface area contributed by atoms with Gasteiger partial charge >= 0.3 is 0 Å². The minimum atomic E-state index is -0.0307. The smallest absolute Gasteiger partial charge is 0.253 e. The number of rotatable bonds is 6. The number of aryl methyl sites for hydroxylation is 1. The summed E-state index contributed by atoms with van der Waals surface area (Å²) in [5, 5.41) is 0. The first-order valence-electron chi connectivity index (χ1n) is 7.53. The number of morpholine rings is 1. The molecule has 1 fully saturated rings. The number of amides is 1. The van der Waals surface area contributed by atoms with Crippen LogP contribution in [0.2, 0.25) is 0 Å². The molecule has 1 aromatic heterocycles. The highest BCUT2D eigenvalue weighted by Gasteiger charge is 2.22. The summed E-state index contributed by atoms with van der Waals surface area (Å²) in [6.07, 6.45) is 1.49. The lowest BCUT2D eigenvalue weighted by Crippen LogP contribution is -2.42. The van der Waals surface area contributed by atoms with Crippen molar-refractivity contribution in [1.29, 1.82) is 0 Å². The maximum absolute atomic E-state index is 11.9. The van der Waals surface area contributed by atoms with Crippen LogP contribution in [0.15, 0.2) is 12.1 Å². The lowest BCUT2D eigenvalue weighted by molar-refractivity contribution is -0.125. The Kier molecular flexibility index (Phi) is 5.49. The van der Waals surface area contributed by atoms with E-state index < -0.39 is 0 Å². The van der Waals surface area contributed by atoms with Crippen molar-refractivity contribution in [1.82, 2.24) is 4.98 Å². The quantitative estimate of drug-likeness (QED) is 0.744. The SMILES string of the molecule is Cc1nc(N(C)C[C@H](C)CC=O)ccc1N1CCOCC1=O. The van der Waals surface area contributed by atoms with Crippen molar-refractivity contribution in [3.05, 3.63) is 17.8 Å². The van der Waals surface area contributed by atoms with E-state index in [-0.39, 0.29) is 18.4 Å². The monoisotopic (exact) mass is 305 g/mol. The number of nitrogens with zero attached hydrogens (tertiary/aromatic N) is 3. The van der Waals surface area contributed by atoms with Gasteiger partial charge < -0.3 is 19.3 Å². The molecule has 0 N–H and O–H groups in total. The molecular formula is C16H23N3O3. The van der Waals surface area contributed by atoms with Crippen molar-refractivity contribution < 1.29 is 14.3 Å². The number of aldehydes is 1. The Hall–Kier alpha value is -1.95.